The fraction of sp³-hybridized carbons (Fsp3) is 0.308. The first-order chi connectivity index (χ1) is 9.15. The summed E-state index contributed by atoms with van der Waals surface area (Å²) in [4.78, 5) is 22.4. The summed E-state index contributed by atoms with van der Waals surface area (Å²) in [5.41, 5.74) is 1.52. The Labute approximate surface area is 111 Å². The van der Waals surface area contributed by atoms with E-state index < -0.39 is 0 Å². The van der Waals surface area contributed by atoms with E-state index in [-0.39, 0.29) is 24.8 Å². The molecule has 0 aromatic heterocycles. The molecule has 1 rings (SSSR count). The molecule has 6 heteroatoms. The number of carbonyl (C=O) groups excluding carboxylic acids is 2. The molecule has 0 bridgehead atoms. The van der Waals surface area contributed by atoms with Gasteiger partial charge in [-0.3, -0.25) is 9.59 Å². The van der Waals surface area contributed by atoms with Gasteiger partial charge in [0.05, 0.1) is 6.07 Å². The van der Waals surface area contributed by atoms with Crippen molar-refractivity contribution < 1.29 is 14.3 Å². The predicted octanol–water partition coefficient (Wildman–Crippen LogP) is 0.801. The summed E-state index contributed by atoms with van der Waals surface area (Å²) in [6.07, 6.45) is -0.172. The van der Waals surface area contributed by atoms with E-state index >= 15 is 0 Å². The van der Waals surface area contributed by atoms with E-state index in [1.54, 1.807) is 30.3 Å². The van der Waals surface area contributed by atoms with Crippen molar-refractivity contribution in [2.75, 3.05) is 19.0 Å². The van der Waals surface area contributed by atoms with Gasteiger partial charge >= 0.3 is 0 Å². The first-order valence-electron chi connectivity index (χ1n) is 5.67. The summed E-state index contributed by atoms with van der Waals surface area (Å²) in [5, 5.41) is 13.6. The molecule has 100 valence electrons. The lowest BCUT2D eigenvalue weighted by molar-refractivity contribution is -0.124. The van der Waals surface area contributed by atoms with Crippen LogP contribution in [0.25, 0.3) is 0 Å². The molecular formula is C13H15N3O3. The van der Waals surface area contributed by atoms with Crippen LogP contribution >= 0.6 is 0 Å². The SMILES string of the molecule is COCC(=O)NCc1ccc(NC(=O)CC#N)cc1. The summed E-state index contributed by atoms with van der Waals surface area (Å²) < 4.78 is 4.69. The minimum absolute atomic E-state index is 0.0301. The van der Waals surface area contributed by atoms with Crippen LogP contribution in [0.2, 0.25) is 0 Å². The Hall–Kier alpha value is -2.39. The van der Waals surface area contributed by atoms with Crippen LogP contribution in [-0.4, -0.2) is 25.5 Å². The number of benzene rings is 1. The van der Waals surface area contributed by atoms with E-state index in [0.29, 0.717) is 12.2 Å². The largest absolute Gasteiger partial charge is 0.375 e. The second-order valence-corrected chi connectivity index (χ2v) is 3.79. The minimum atomic E-state index is -0.344. The summed E-state index contributed by atoms with van der Waals surface area (Å²) >= 11 is 0. The molecule has 0 atom stereocenters. The lowest BCUT2D eigenvalue weighted by atomic mass is 10.2. The van der Waals surface area contributed by atoms with Crippen LogP contribution in [0.15, 0.2) is 24.3 Å². The highest BCUT2D eigenvalue weighted by Crippen LogP contribution is 2.09. The highest BCUT2D eigenvalue weighted by atomic mass is 16.5. The van der Waals surface area contributed by atoms with Gasteiger partial charge in [0.2, 0.25) is 11.8 Å². The molecular weight excluding hydrogens is 246 g/mol. The fourth-order valence-corrected chi connectivity index (χ4v) is 1.37. The van der Waals surface area contributed by atoms with Crippen LogP contribution in [-0.2, 0) is 20.9 Å². The Balaban J connectivity index is 2.46. The highest BCUT2D eigenvalue weighted by molar-refractivity contribution is 5.92. The van der Waals surface area contributed by atoms with Crippen LogP contribution in [0.5, 0.6) is 0 Å². The third-order valence-electron chi connectivity index (χ3n) is 2.24. The Morgan fingerprint density at radius 1 is 1.26 bits per heavy atom. The maximum atomic E-state index is 11.2. The quantitative estimate of drug-likeness (QED) is 0.792. The predicted molar refractivity (Wildman–Crippen MR) is 69.0 cm³/mol. The Morgan fingerprint density at radius 2 is 1.95 bits per heavy atom. The van der Waals surface area contributed by atoms with Gasteiger partial charge in [0.25, 0.3) is 0 Å². The summed E-state index contributed by atoms with van der Waals surface area (Å²) in [5.74, 6) is -0.530. The monoisotopic (exact) mass is 261 g/mol. The number of nitrogens with zero attached hydrogens (tertiary/aromatic N) is 1. The second-order valence-electron chi connectivity index (χ2n) is 3.79. The van der Waals surface area contributed by atoms with Crippen LogP contribution < -0.4 is 10.6 Å². The average molecular weight is 261 g/mol. The van der Waals surface area contributed by atoms with Gasteiger partial charge in [0.15, 0.2) is 0 Å². The molecule has 6 nitrogen and oxygen atoms in total. The second kappa shape index (κ2) is 7.84. The molecule has 0 radical (unpaired) electrons. The molecule has 0 unspecified atom stereocenters. The van der Waals surface area contributed by atoms with Gasteiger partial charge in [-0.15, -0.1) is 0 Å². The number of amides is 2. The van der Waals surface area contributed by atoms with E-state index in [4.69, 9.17) is 10.00 Å². The van der Waals surface area contributed by atoms with E-state index in [1.165, 1.54) is 7.11 Å². The number of hydrogen-bond acceptors (Lipinski definition) is 4. The topological polar surface area (TPSA) is 91.2 Å². The zero-order valence-electron chi connectivity index (χ0n) is 10.6. The van der Waals surface area contributed by atoms with Gasteiger partial charge in [-0.25, -0.2) is 0 Å². The van der Waals surface area contributed by atoms with Gasteiger partial charge in [-0.05, 0) is 17.7 Å². The van der Waals surface area contributed by atoms with Crippen molar-refractivity contribution in [2.45, 2.75) is 13.0 Å². The Morgan fingerprint density at radius 3 is 2.53 bits per heavy atom. The molecule has 0 saturated carbocycles. The number of anilines is 1. The Kier molecular flexibility index (Phi) is 6.06. The lowest BCUT2D eigenvalue weighted by Crippen LogP contribution is -2.26. The maximum Gasteiger partial charge on any atom is 0.246 e. The fourth-order valence-electron chi connectivity index (χ4n) is 1.37. The van der Waals surface area contributed by atoms with E-state index in [0.717, 1.165) is 5.56 Å². The number of rotatable bonds is 6. The van der Waals surface area contributed by atoms with Crippen molar-refractivity contribution in [2.24, 2.45) is 0 Å². The molecule has 0 spiro atoms. The van der Waals surface area contributed by atoms with Crippen molar-refractivity contribution >= 4 is 17.5 Å². The maximum absolute atomic E-state index is 11.2. The number of nitriles is 1. The van der Waals surface area contributed by atoms with Gasteiger partial charge in [-0.2, -0.15) is 5.26 Å². The molecule has 2 amide bonds. The lowest BCUT2D eigenvalue weighted by Gasteiger charge is -2.06. The number of ether oxygens (including phenoxy) is 1. The first-order valence-corrected chi connectivity index (χ1v) is 5.67. The van der Waals surface area contributed by atoms with Crippen molar-refractivity contribution in [3.05, 3.63) is 29.8 Å². The highest BCUT2D eigenvalue weighted by Gasteiger charge is 2.02. The van der Waals surface area contributed by atoms with Crippen molar-refractivity contribution in [3.63, 3.8) is 0 Å². The van der Waals surface area contributed by atoms with Crippen LogP contribution in [0, 0.1) is 11.3 Å². The summed E-state index contributed by atoms with van der Waals surface area (Å²) in [7, 11) is 1.46. The van der Waals surface area contributed by atoms with Gasteiger partial charge in [0, 0.05) is 19.3 Å². The van der Waals surface area contributed by atoms with Crippen LogP contribution in [0.4, 0.5) is 5.69 Å². The molecule has 1 aromatic rings. The molecule has 2 N–H and O–H groups in total. The molecule has 0 fully saturated rings. The average Bonchev–Trinajstić information content (AvgIpc) is 2.38. The molecule has 0 saturated heterocycles. The normalized spacial score (nSPS) is 9.47. The van der Waals surface area contributed by atoms with Crippen LogP contribution in [0.1, 0.15) is 12.0 Å². The molecule has 19 heavy (non-hydrogen) atoms. The van der Waals surface area contributed by atoms with Crippen molar-refractivity contribution in [1.29, 1.82) is 5.26 Å². The summed E-state index contributed by atoms with van der Waals surface area (Å²) in [6, 6.07) is 8.78. The van der Waals surface area contributed by atoms with Crippen molar-refractivity contribution in [1.82, 2.24) is 5.32 Å². The zero-order valence-corrected chi connectivity index (χ0v) is 10.6. The minimum Gasteiger partial charge on any atom is -0.375 e. The van der Waals surface area contributed by atoms with Gasteiger partial charge < -0.3 is 15.4 Å². The van der Waals surface area contributed by atoms with Gasteiger partial charge in [0.1, 0.15) is 13.0 Å². The third-order valence-corrected chi connectivity index (χ3v) is 2.24. The van der Waals surface area contributed by atoms with E-state index in [2.05, 4.69) is 10.6 Å². The van der Waals surface area contributed by atoms with Crippen LogP contribution in [0.3, 0.4) is 0 Å². The molecule has 0 aliphatic heterocycles. The number of methoxy groups -OCH3 is 1. The van der Waals surface area contributed by atoms with Crippen molar-refractivity contribution in [3.8, 4) is 6.07 Å². The van der Waals surface area contributed by atoms with Gasteiger partial charge in [-0.1, -0.05) is 12.1 Å². The molecule has 0 aliphatic carbocycles. The third kappa shape index (κ3) is 5.66. The number of nitrogens with one attached hydrogen (secondary N) is 2. The standard InChI is InChI=1S/C13H15N3O3/c1-19-9-13(18)15-8-10-2-4-11(5-3-10)16-12(17)6-7-14/h2-5H,6,8-9H2,1H3,(H,15,18)(H,16,17). The number of carbonyl (C=O) groups is 2. The summed E-state index contributed by atoms with van der Waals surface area (Å²) in [6.45, 7) is 0.427. The van der Waals surface area contributed by atoms with E-state index in [1.807, 2.05) is 0 Å². The molecule has 0 heterocycles. The number of hydrogen-bond donors (Lipinski definition) is 2. The van der Waals surface area contributed by atoms with E-state index in [9.17, 15) is 9.59 Å². The Bertz CT molecular complexity index is 477. The molecule has 0 aliphatic rings. The molecule has 1 aromatic carbocycles. The first kappa shape index (κ1) is 14.7. The zero-order chi connectivity index (χ0) is 14.1. The smallest absolute Gasteiger partial charge is 0.246 e.